The second-order valence-electron chi connectivity index (χ2n) is 4.36. The van der Waals surface area contributed by atoms with Gasteiger partial charge in [-0.15, -0.1) is 0 Å². The van der Waals surface area contributed by atoms with Gasteiger partial charge in [-0.05, 0) is 17.7 Å². The van der Waals surface area contributed by atoms with Crippen LogP contribution in [0.5, 0.6) is 0 Å². The second-order valence-corrected chi connectivity index (χ2v) is 4.36. The third kappa shape index (κ3) is 3.42. The first kappa shape index (κ1) is 15.1. The first-order valence-corrected chi connectivity index (χ1v) is 5.92. The minimum Gasteiger partial charge on any atom is -0.395 e. The molecule has 112 valence electrons. The molecule has 0 aliphatic carbocycles. The summed E-state index contributed by atoms with van der Waals surface area (Å²) in [5, 5.41) is 2.52. The largest absolute Gasteiger partial charge is 0.416 e. The molecule has 0 heterocycles. The highest BCUT2D eigenvalue weighted by atomic mass is 19.4. The van der Waals surface area contributed by atoms with Crippen LogP contribution in [0.3, 0.4) is 0 Å². The minimum atomic E-state index is -4.50. The van der Waals surface area contributed by atoms with Gasteiger partial charge in [0.25, 0.3) is 0 Å². The van der Waals surface area contributed by atoms with Crippen molar-refractivity contribution in [2.45, 2.75) is 12.7 Å². The molecule has 2 rings (SSSR count). The van der Waals surface area contributed by atoms with Gasteiger partial charge in [0, 0.05) is 12.6 Å². The minimum absolute atomic E-state index is 0.0472. The van der Waals surface area contributed by atoms with Gasteiger partial charge in [0.2, 0.25) is 0 Å². The summed E-state index contributed by atoms with van der Waals surface area (Å²) in [6, 6.07) is 6.46. The highest BCUT2D eigenvalue weighted by molar-refractivity contribution is 5.66. The quantitative estimate of drug-likeness (QED) is 0.659. The molecule has 21 heavy (non-hydrogen) atoms. The van der Waals surface area contributed by atoms with Crippen LogP contribution in [0.15, 0.2) is 36.4 Å². The van der Waals surface area contributed by atoms with Gasteiger partial charge < -0.3 is 11.1 Å². The molecular weight excluding hydrogens is 291 g/mol. The number of nitrogen functional groups attached to an aromatic ring is 1. The lowest BCUT2D eigenvalue weighted by Crippen LogP contribution is -2.12. The summed E-state index contributed by atoms with van der Waals surface area (Å²) in [4.78, 5) is 0. The molecule has 0 radical (unpaired) electrons. The molecule has 0 amide bonds. The van der Waals surface area contributed by atoms with Gasteiger partial charge in [0.1, 0.15) is 5.82 Å². The van der Waals surface area contributed by atoms with E-state index in [2.05, 4.69) is 5.32 Å². The van der Waals surface area contributed by atoms with Crippen LogP contribution >= 0.6 is 0 Å². The van der Waals surface area contributed by atoms with E-state index in [0.29, 0.717) is 6.07 Å². The molecule has 0 spiro atoms. The summed E-state index contributed by atoms with van der Waals surface area (Å²) >= 11 is 0. The van der Waals surface area contributed by atoms with Crippen molar-refractivity contribution in [1.82, 2.24) is 0 Å². The fourth-order valence-electron chi connectivity index (χ4n) is 1.87. The zero-order valence-corrected chi connectivity index (χ0v) is 10.6. The molecule has 2 aromatic carbocycles. The average molecular weight is 302 g/mol. The Morgan fingerprint density at radius 2 is 1.71 bits per heavy atom. The maximum absolute atomic E-state index is 13.2. The Labute approximate surface area is 117 Å². The molecule has 0 bridgehead atoms. The Morgan fingerprint density at radius 3 is 2.38 bits per heavy atom. The maximum Gasteiger partial charge on any atom is 0.416 e. The molecule has 0 saturated heterocycles. The first-order valence-electron chi connectivity index (χ1n) is 5.92. The average Bonchev–Trinajstić information content (AvgIpc) is 2.40. The zero-order chi connectivity index (χ0) is 15.6. The third-order valence-corrected chi connectivity index (χ3v) is 2.89. The van der Waals surface area contributed by atoms with Crippen molar-refractivity contribution in [3.8, 4) is 0 Å². The SMILES string of the molecule is Nc1c(F)cc(F)cc1NCc1ccccc1C(F)(F)F. The summed E-state index contributed by atoms with van der Waals surface area (Å²) in [6.45, 7) is -0.261. The summed E-state index contributed by atoms with van der Waals surface area (Å²) in [6.07, 6.45) is -4.50. The van der Waals surface area contributed by atoms with E-state index >= 15 is 0 Å². The monoisotopic (exact) mass is 302 g/mol. The van der Waals surface area contributed by atoms with Crippen LogP contribution in [-0.4, -0.2) is 0 Å². The molecule has 0 unspecified atom stereocenters. The van der Waals surface area contributed by atoms with Crippen molar-refractivity contribution in [1.29, 1.82) is 0 Å². The summed E-state index contributed by atoms with van der Waals surface area (Å²) < 4.78 is 64.8. The number of alkyl halides is 3. The number of nitrogens with two attached hydrogens (primary N) is 1. The van der Waals surface area contributed by atoms with Gasteiger partial charge in [0.05, 0.1) is 16.9 Å². The van der Waals surface area contributed by atoms with Crippen molar-refractivity contribution < 1.29 is 22.0 Å². The highest BCUT2D eigenvalue weighted by Crippen LogP contribution is 2.32. The van der Waals surface area contributed by atoms with Crippen LogP contribution in [0, 0.1) is 11.6 Å². The molecule has 0 aliphatic heterocycles. The number of hydrogen-bond donors (Lipinski definition) is 2. The fourth-order valence-corrected chi connectivity index (χ4v) is 1.87. The molecule has 0 fully saturated rings. The Hall–Kier alpha value is -2.31. The van der Waals surface area contributed by atoms with Gasteiger partial charge in [-0.25, -0.2) is 8.78 Å². The normalized spacial score (nSPS) is 11.5. The topological polar surface area (TPSA) is 38.0 Å². The zero-order valence-electron chi connectivity index (χ0n) is 10.6. The molecule has 0 atom stereocenters. The lowest BCUT2D eigenvalue weighted by molar-refractivity contribution is -0.138. The molecule has 0 aromatic heterocycles. The summed E-state index contributed by atoms with van der Waals surface area (Å²) in [5.41, 5.74) is 4.11. The van der Waals surface area contributed by atoms with Crippen LogP contribution in [0.2, 0.25) is 0 Å². The lowest BCUT2D eigenvalue weighted by atomic mass is 10.1. The van der Waals surface area contributed by atoms with Crippen LogP contribution in [-0.2, 0) is 12.7 Å². The van der Waals surface area contributed by atoms with Gasteiger partial charge in [-0.1, -0.05) is 18.2 Å². The van der Waals surface area contributed by atoms with Crippen LogP contribution in [0.25, 0.3) is 0 Å². The van der Waals surface area contributed by atoms with Crippen molar-refractivity contribution >= 4 is 11.4 Å². The van der Waals surface area contributed by atoms with Gasteiger partial charge in [-0.3, -0.25) is 0 Å². The number of hydrogen-bond acceptors (Lipinski definition) is 2. The molecular formula is C14H11F5N2. The Kier molecular flexibility index (Phi) is 4.02. The van der Waals surface area contributed by atoms with E-state index in [1.165, 1.54) is 18.2 Å². The number of benzene rings is 2. The predicted molar refractivity (Wildman–Crippen MR) is 69.5 cm³/mol. The molecule has 3 N–H and O–H groups in total. The predicted octanol–water partition coefficient (Wildman–Crippen LogP) is 4.18. The van der Waals surface area contributed by atoms with E-state index in [-0.39, 0.29) is 23.5 Å². The van der Waals surface area contributed by atoms with Crippen molar-refractivity contribution in [2.75, 3.05) is 11.1 Å². The smallest absolute Gasteiger partial charge is 0.395 e. The molecule has 0 aliphatic rings. The molecule has 7 heteroatoms. The van der Waals surface area contributed by atoms with Crippen molar-refractivity contribution in [3.05, 3.63) is 59.2 Å². The fraction of sp³-hybridized carbons (Fsp3) is 0.143. The molecule has 2 aromatic rings. The number of anilines is 2. The van der Waals surface area contributed by atoms with E-state index in [4.69, 9.17) is 5.73 Å². The van der Waals surface area contributed by atoms with Gasteiger partial charge in [0.15, 0.2) is 5.82 Å². The van der Waals surface area contributed by atoms with E-state index < -0.39 is 23.4 Å². The number of nitrogens with one attached hydrogen (secondary N) is 1. The second kappa shape index (κ2) is 5.59. The van der Waals surface area contributed by atoms with E-state index in [0.717, 1.165) is 12.1 Å². The van der Waals surface area contributed by atoms with E-state index in [1.807, 2.05) is 0 Å². The lowest BCUT2D eigenvalue weighted by Gasteiger charge is -2.15. The van der Waals surface area contributed by atoms with E-state index in [1.54, 1.807) is 0 Å². The Bertz CT molecular complexity index is 652. The summed E-state index contributed by atoms with van der Waals surface area (Å²) in [5.74, 6) is -1.84. The third-order valence-electron chi connectivity index (χ3n) is 2.89. The number of rotatable bonds is 3. The highest BCUT2D eigenvalue weighted by Gasteiger charge is 2.32. The maximum atomic E-state index is 13.2. The van der Waals surface area contributed by atoms with Crippen molar-refractivity contribution in [2.24, 2.45) is 0 Å². The first-order chi connectivity index (χ1) is 9.79. The standard InChI is InChI=1S/C14H11F5N2/c15-9-5-11(16)13(20)12(6-9)21-7-8-3-1-2-4-10(8)14(17,18)19/h1-6,21H,7,20H2. The van der Waals surface area contributed by atoms with Crippen molar-refractivity contribution in [3.63, 3.8) is 0 Å². The summed E-state index contributed by atoms with van der Waals surface area (Å²) in [7, 11) is 0. The van der Waals surface area contributed by atoms with Crippen LogP contribution < -0.4 is 11.1 Å². The van der Waals surface area contributed by atoms with Crippen LogP contribution in [0.4, 0.5) is 33.3 Å². The number of halogens is 5. The van der Waals surface area contributed by atoms with Crippen LogP contribution in [0.1, 0.15) is 11.1 Å². The van der Waals surface area contributed by atoms with E-state index in [9.17, 15) is 22.0 Å². The molecule has 2 nitrogen and oxygen atoms in total. The molecule has 0 saturated carbocycles. The van der Waals surface area contributed by atoms with Gasteiger partial charge >= 0.3 is 6.18 Å². The Morgan fingerprint density at radius 1 is 1.05 bits per heavy atom. The Balaban J connectivity index is 2.26. The van der Waals surface area contributed by atoms with Gasteiger partial charge in [-0.2, -0.15) is 13.2 Å².